The van der Waals surface area contributed by atoms with Crippen LogP contribution in [-0.2, 0) is 0 Å². The van der Waals surface area contributed by atoms with Crippen molar-refractivity contribution in [2.75, 3.05) is 5.32 Å². The number of hydrogen-bond acceptors (Lipinski definition) is 4. The molecule has 0 aliphatic heterocycles. The number of halogens is 1. The van der Waals surface area contributed by atoms with Crippen molar-refractivity contribution in [1.82, 2.24) is 20.2 Å². The average Bonchev–Trinajstić information content (AvgIpc) is 2.81. The molecule has 2 aromatic rings. The highest BCUT2D eigenvalue weighted by atomic mass is 79.9. The van der Waals surface area contributed by atoms with Crippen molar-refractivity contribution in [2.45, 2.75) is 19.8 Å². The van der Waals surface area contributed by atoms with Crippen LogP contribution < -0.4 is 5.32 Å². The molecule has 2 heterocycles. The third-order valence-electron chi connectivity index (χ3n) is 2.26. The SMILES string of the molecule is CC(C)c1nc(C(=O)Nc2cccnc2Br)n[nH]1. The summed E-state index contributed by atoms with van der Waals surface area (Å²) in [5.41, 5.74) is 0.582. The first-order chi connectivity index (χ1) is 8.58. The van der Waals surface area contributed by atoms with Crippen LogP contribution in [-0.4, -0.2) is 26.1 Å². The first-order valence-corrected chi connectivity index (χ1v) is 6.21. The standard InChI is InChI=1S/C11H12BrN5O/c1-6(2)9-15-10(17-16-9)11(18)14-7-4-3-5-13-8(7)12/h3-6H,1-2H3,(H,14,18)(H,15,16,17). The molecule has 2 N–H and O–H groups in total. The lowest BCUT2D eigenvalue weighted by Gasteiger charge is -2.03. The first kappa shape index (κ1) is 12.7. The summed E-state index contributed by atoms with van der Waals surface area (Å²) in [5.74, 6) is 0.635. The number of hydrogen-bond donors (Lipinski definition) is 2. The molecular weight excluding hydrogens is 298 g/mol. The van der Waals surface area contributed by atoms with Crippen LogP contribution in [0.1, 0.15) is 36.2 Å². The maximum absolute atomic E-state index is 11.9. The summed E-state index contributed by atoms with van der Waals surface area (Å²) in [5, 5.41) is 9.30. The van der Waals surface area contributed by atoms with Gasteiger partial charge in [0.1, 0.15) is 10.4 Å². The van der Waals surface area contributed by atoms with E-state index < -0.39 is 0 Å². The summed E-state index contributed by atoms with van der Waals surface area (Å²) in [4.78, 5) is 20.0. The Morgan fingerprint density at radius 3 is 2.89 bits per heavy atom. The molecule has 0 spiro atoms. The molecule has 2 aromatic heterocycles. The number of pyridine rings is 1. The summed E-state index contributed by atoms with van der Waals surface area (Å²) in [6.45, 7) is 3.94. The smallest absolute Gasteiger partial charge is 0.295 e. The predicted molar refractivity (Wildman–Crippen MR) is 70.4 cm³/mol. The molecule has 6 nitrogen and oxygen atoms in total. The molecule has 0 aliphatic carbocycles. The zero-order valence-electron chi connectivity index (χ0n) is 9.94. The van der Waals surface area contributed by atoms with Crippen LogP contribution in [0.4, 0.5) is 5.69 Å². The molecule has 7 heteroatoms. The second kappa shape index (κ2) is 5.26. The number of amides is 1. The van der Waals surface area contributed by atoms with Crippen LogP contribution in [0, 0.1) is 0 Å². The minimum Gasteiger partial charge on any atom is -0.317 e. The number of anilines is 1. The molecule has 0 aliphatic rings. The molecule has 0 aromatic carbocycles. The summed E-state index contributed by atoms with van der Waals surface area (Å²) in [6, 6.07) is 3.48. The van der Waals surface area contributed by atoms with Gasteiger partial charge in [0, 0.05) is 12.1 Å². The third kappa shape index (κ3) is 2.73. The summed E-state index contributed by atoms with van der Waals surface area (Å²) < 4.78 is 0.568. The van der Waals surface area contributed by atoms with Gasteiger partial charge in [0.05, 0.1) is 5.69 Å². The van der Waals surface area contributed by atoms with Gasteiger partial charge in [-0.3, -0.25) is 9.89 Å². The van der Waals surface area contributed by atoms with Crippen molar-refractivity contribution in [3.63, 3.8) is 0 Å². The molecule has 0 radical (unpaired) electrons. The van der Waals surface area contributed by atoms with E-state index in [2.05, 4.69) is 41.4 Å². The van der Waals surface area contributed by atoms with Crippen molar-refractivity contribution in [2.24, 2.45) is 0 Å². The van der Waals surface area contributed by atoms with Crippen LogP contribution in [0.25, 0.3) is 0 Å². The van der Waals surface area contributed by atoms with Crippen LogP contribution >= 0.6 is 15.9 Å². The highest BCUT2D eigenvalue weighted by molar-refractivity contribution is 9.10. The Bertz CT molecular complexity index is 566. The van der Waals surface area contributed by atoms with Gasteiger partial charge >= 0.3 is 0 Å². The molecule has 0 saturated carbocycles. The van der Waals surface area contributed by atoms with E-state index in [1.165, 1.54) is 0 Å². The molecule has 2 rings (SSSR count). The van der Waals surface area contributed by atoms with E-state index in [9.17, 15) is 4.79 Å². The van der Waals surface area contributed by atoms with Gasteiger partial charge in [0.15, 0.2) is 0 Å². The van der Waals surface area contributed by atoms with Gasteiger partial charge in [-0.2, -0.15) is 0 Å². The van der Waals surface area contributed by atoms with E-state index in [0.717, 1.165) is 0 Å². The lowest BCUT2D eigenvalue weighted by atomic mass is 10.2. The van der Waals surface area contributed by atoms with E-state index >= 15 is 0 Å². The average molecular weight is 310 g/mol. The fraction of sp³-hybridized carbons (Fsp3) is 0.273. The van der Waals surface area contributed by atoms with Crippen molar-refractivity contribution < 1.29 is 4.79 Å². The topological polar surface area (TPSA) is 83.6 Å². The number of H-pyrrole nitrogens is 1. The van der Waals surface area contributed by atoms with Gasteiger partial charge in [-0.05, 0) is 28.1 Å². The Hall–Kier alpha value is -1.76. The first-order valence-electron chi connectivity index (χ1n) is 5.42. The number of aromatic nitrogens is 4. The summed E-state index contributed by atoms with van der Waals surface area (Å²) >= 11 is 3.25. The summed E-state index contributed by atoms with van der Waals surface area (Å²) in [7, 11) is 0. The maximum Gasteiger partial charge on any atom is 0.295 e. The highest BCUT2D eigenvalue weighted by Gasteiger charge is 2.15. The number of nitrogens with one attached hydrogen (secondary N) is 2. The number of aromatic amines is 1. The van der Waals surface area contributed by atoms with Gasteiger partial charge in [0.2, 0.25) is 5.82 Å². The molecule has 0 saturated heterocycles. The Kier molecular flexibility index (Phi) is 3.71. The second-order valence-electron chi connectivity index (χ2n) is 3.99. The lowest BCUT2D eigenvalue weighted by molar-refractivity contribution is 0.101. The van der Waals surface area contributed by atoms with Crippen LogP contribution in [0.3, 0.4) is 0 Å². The molecule has 0 unspecified atom stereocenters. The van der Waals surface area contributed by atoms with Gasteiger partial charge in [-0.25, -0.2) is 9.97 Å². The Morgan fingerprint density at radius 2 is 2.28 bits per heavy atom. The van der Waals surface area contributed by atoms with E-state index in [-0.39, 0.29) is 17.6 Å². The molecule has 0 atom stereocenters. The monoisotopic (exact) mass is 309 g/mol. The zero-order valence-corrected chi connectivity index (χ0v) is 11.5. The number of rotatable bonds is 3. The van der Waals surface area contributed by atoms with Gasteiger partial charge in [0.25, 0.3) is 5.91 Å². The van der Waals surface area contributed by atoms with E-state index in [1.807, 2.05) is 13.8 Å². The number of carbonyl (C=O) groups is 1. The Balaban J connectivity index is 2.15. The van der Waals surface area contributed by atoms with Crippen molar-refractivity contribution in [1.29, 1.82) is 0 Å². The predicted octanol–water partition coefficient (Wildman–Crippen LogP) is 2.34. The molecule has 18 heavy (non-hydrogen) atoms. The quantitative estimate of drug-likeness (QED) is 0.852. The van der Waals surface area contributed by atoms with Crippen molar-refractivity contribution in [3.8, 4) is 0 Å². The summed E-state index contributed by atoms with van der Waals surface area (Å²) in [6.07, 6.45) is 1.63. The molecule has 1 amide bonds. The molecule has 0 bridgehead atoms. The lowest BCUT2D eigenvalue weighted by Crippen LogP contribution is -2.14. The van der Waals surface area contributed by atoms with Crippen molar-refractivity contribution in [3.05, 3.63) is 34.6 Å². The van der Waals surface area contributed by atoms with Gasteiger partial charge in [-0.1, -0.05) is 13.8 Å². The second-order valence-corrected chi connectivity index (χ2v) is 4.75. The fourth-order valence-electron chi connectivity index (χ4n) is 1.29. The van der Waals surface area contributed by atoms with E-state index in [4.69, 9.17) is 0 Å². The molecule has 94 valence electrons. The maximum atomic E-state index is 11.9. The fourth-order valence-corrected chi connectivity index (χ4v) is 1.64. The van der Waals surface area contributed by atoms with Gasteiger partial charge < -0.3 is 5.32 Å². The van der Waals surface area contributed by atoms with E-state index in [0.29, 0.717) is 16.1 Å². The number of nitrogens with zero attached hydrogens (tertiary/aromatic N) is 3. The molecule has 0 fully saturated rings. The minimum absolute atomic E-state index is 0.120. The zero-order chi connectivity index (χ0) is 13.1. The van der Waals surface area contributed by atoms with Crippen LogP contribution in [0.5, 0.6) is 0 Å². The largest absolute Gasteiger partial charge is 0.317 e. The van der Waals surface area contributed by atoms with Gasteiger partial charge in [-0.15, -0.1) is 5.10 Å². The number of carbonyl (C=O) groups excluding carboxylic acids is 1. The Labute approximate surface area is 112 Å². The highest BCUT2D eigenvalue weighted by Crippen LogP contribution is 2.18. The van der Waals surface area contributed by atoms with Crippen LogP contribution in [0.15, 0.2) is 22.9 Å². The van der Waals surface area contributed by atoms with Crippen molar-refractivity contribution >= 4 is 27.5 Å². The molecular formula is C11H12BrN5O. The normalized spacial score (nSPS) is 10.7. The van der Waals surface area contributed by atoms with Crippen LogP contribution in [0.2, 0.25) is 0 Å². The minimum atomic E-state index is -0.369. The Morgan fingerprint density at radius 1 is 1.50 bits per heavy atom. The van der Waals surface area contributed by atoms with E-state index in [1.54, 1.807) is 18.3 Å². The third-order valence-corrected chi connectivity index (χ3v) is 2.89.